The minimum Gasteiger partial charge on any atom is -0.380 e. The van der Waals surface area contributed by atoms with E-state index in [9.17, 15) is 13.2 Å². The Hall–Kier alpha value is -2.58. The molecule has 4 rings (SSSR count). The second-order valence-electron chi connectivity index (χ2n) is 8.41. The third-order valence-electron chi connectivity index (χ3n) is 6.04. The molecule has 1 atom stereocenters. The van der Waals surface area contributed by atoms with Crippen molar-refractivity contribution in [2.24, 2.45) is 0 Å². The second kappa shape index (κ2) is 8.88. The number of nitrogens with one attached hydrogen (secondary N) is 1. The molecule has 0 aliphatic carbocycles. The summed E-state index contributed by atoms with van der Waals surface area (Å²) in [6.45, 7) is 3.02. The van der Waals surface area contributed by atoms with Crippen LogP contribution in [0.1, 0.15) is 29.6 Å². The number of sulfonamides is 1. The highest BCUT2D eigenvalue weighted by molar-refractivity contribution is 7.89. The van der Waals surface area contributed by atoms with E-state index in [1.54, 1.807) is 18.2 Å². The Morgan fingerprint density at radius 1 is 1.03 bits per heavy atom. The van der Waals surface area contributed by atoms with Gasteiger partial charge in [-0.2, -0.15) is 0 Å². The summed E-state index contributed by atoms with van der Waals surface area (Å²) in [6, 6.07) is 15.1. The molecule has 2 fully saturated rings. The van der Waals surface area contributed by atoms with Gasteiger partial charge in [0.05, 0.1) is 10.5 Å². The number of benzene rings is 2. The van der Waals surface area contributed by atoms with Crippen LogP contribution in [0.2, 0.25) is 0 Å². The van der Waals surface area contributed by atoms with Crippen molar-refractivity contribution in [2.75, 3.05) is 50.5 Å². The molecule has 1 amide bonds. The van der Waals surface area contributed by atoms with Crippen molar-refractivity contribution in [3.8, 4) is 0 Å². The van der Waals surface area contributed by atoms with E-state index >= 15 is 0 Å². The quantitative estimate of drug-likeness (QED) is 0.745. The first-order valence-electron chi connectivity index (χ1n) is 10.8. The van der Waals surface area contributed by atoms with E-state index in [0.29, 0.717) is 18.7 Å². The second-order valence-corrected chi connectivity index (χ2v) is 10.6. The van der Waals surface area contributed by atoms with E-state index in [4.69, 9.17) is 0 Å². The lowest BCUT2D eigenvalue weighted by Crippen LogP contribution is -2.33. The zero-order chi connectivity index (χ0) is 22.0. The Kier molecular flexibility index (Phi) is 6.20. The van der Waals surface area contributed by atoms with Gasteiger partial charge in [-0.05, 0) is 49.6 Å². The first-order chi connectivity index (χ1) is 14.9. The van der Waals surface area contributed by atoms with Gasteiger partial charge in [0, 0.05) is 57.7 Å². The van der Waals surface area contributed by atoms with Crippen LogP contribution in [0.15, 0.2) is 53.4 Å². The fourth-order valence-corrected chi connectivity index (χ4v) is 5.22. The molecule has 7 nitrogen and oxygen atoms in total. The normalized spacial score (nSPS) is 19.3. The van der Waals surface area contributed by atoms with Crippen LogP contribution in [-0.4, -0.2) is 69.8 Å². The summed E-state index contributed by atoms with van der Waals surface area (Å²) in [4.78, 5) is 17.7. The number of amides is 1. The molecule has 0 bridgehead atoms. The fourth-order valence-electron chi connectivity index (χ4n) is 4.29. The molecule has 2 aromatic rings. The van der Waals surface area contributed by atoms with Gasteiger partial charge in [-0.15, -0.1) is 0 Å². The zero-order valence-electron chi connectivity index (χ0n) is 18.1. The van der Waals surface area contributed by atoms with Crippen molar-refractivity contribution < 1.29 is 13.2 Å². The average Bonchev–Trinajstić information content (AvgIpc) is 3.46. The largest absolute Gasteiger partial charge is 0.380 e. The van der Waals surface area contributed by atoms with E-state index < -0.39 is 10.0 Å². The number of hydrogen-bond acceptors (Lipinski definition) is 5. The van der Waals surface area contributed by atoms with Crippen LogP contribution in [0.4, 0.5) is 11.4 Å². The van der Waals surface area contributed by atoms with Crippen molar-refractivity contribution in [2.45, 2.75) is 30.2 Å². The lowest BCUT2D eigenvalue weighted by molar-refractivity contribution is 0.0792. The smallest absolute Gasteiger partial charge is 0.256 e. The number of carbonyl (C=O) groups is 1. The fraction of sp³-hybridized carbons (Fsp3) is 0.435. The third-order valence-corrected chi connectivity index (χ3v) is 7.85. The molecule has 2 aliphatic heterocycles. The van der Waals surface area contributed by atoms with Gasteiger partial charge < -0.3 is 15.1 Å². The van der Waals surface area contributed by atoms with Crippen LogP contribution in [0.25, 0.3) is 0 Å². The maximum Gasteiger partial charge on any atom is 0.256 e. The summed E-state index contributed by atoms with van der Waals surface area (Å²) in [5.74, 6) is -0.102. The van der Waals surface area contributed by atoms with Gasteiger partial charge >= 0.3 is 0 Å². The minimum absolute atomic E-state index is 0.102. The molecular weight excluding hydrogens is 412 g/mol. The van der Waals surface area contributed by atoms with Gasteiger partial charge in [0.15, 0.2) is 0 Å². The maximum absolute atomic E-state index is 13.5. The summed E-state index contributed by atoms with van der Waals surface area (Å²) < 4.78 is 26.6. The summed E-state index contributed by atoms with van der Waals surface area (Å²) in [6.07, 6.45) is 3.02. The van der Waals surface area contributed by atoms with Crippen molar-refractivity contribution in [3.63, 3.8) is 0 Å². The summed E-state index contributed by atoms with van der Waals surface area (Å²) in [5, 5.41) is 3.49. The van der Waals surface area contributed by atoms with Gasteiger partial charge in [0.1, 0.15) is 0 Å². The predicted octanol–water partition coefficient (Wildman–Crippen LogP) is 2.86. The minimum atomic E-state index is -3.62. The highest BCUT2D eigenvalue weighted by Gasteiger charge is 2.31. The van der Waals surface area contributed by atoms with Crippen LogP contribution in [-0.2, 0) is 10.0 Å². The molecule has 2 saturated heterocycles. The highest BCUT2D eigenvalue weighted by Crippen LogP contribution is 2.30. The topological polar surface area (TPSA) is 73.0 Å². The Morgan fingerprint density at radius 2 is 1.74 bits per heavy atom. The monoisotopic (exact) mass is 442 g/mol. The van der Waals surface area contributed by atoms with Gasteiger partial charge in [0.25, 0.3) is 5.91 Å². The van der Waals surface area contributed by atoms with E-state index in [-0.39, 0.29) is 16.8 Å². The number of carbonyl (C=O) groups excluding carboxylic acids is 1. The Bertz CT molecular complexity index is 1030. The number of likely N-dealkylation sites (tertiary alicyclic amines) is 1. The number of rotatable bonds is 6. The Balaban J connectivity index is 1.59. The third kappa shape index (κ3) is 4.55. The van der Waals surface area contributed by atoms with Crippen molar-refractivity contribution in [3.05, 3.63) is 54.1 Å². The summed E-state index contributed by atoms with van der Waals surface area (Å²) in [5.41, 5.74) is 2.35. The van der Waals surface area contributed by atoms with Crippen LogP contribution in [0, 0.1) is 0 Å². The van der Waals surface area contributed by atoms with E-state index in [1.807, 2.05) is 35.2 Å². The van der Waals surface area contributed by atoms with Gasteiger partial charge in [0.2, 0.25) is 10.0 Å². The van der Waals surface area contributed by atoms with Crippen molar-refractivity contribution in [1.82, 2.24) is 9.21 Å². The molecule has 0 radical (unpaired) electrons. The number of anilines is 2. The molecule has 2 aromatic carbocycles. The predicted molar refractivity (Wildman–Crippen MR) is 123 cm³/mol. The van der Waals surface area contributed by atoms with Crippen LogP contribution in [0.3, 0.4) is 0 Å². The lowest BCUT2D eigenvalue weighted by Gasteiger charge is -2.25. The van der Waals surface area contributed by atoms with Gasteiger partial charge in [-0.3, -0.25) is 4.79 Å². The molecular formula is C23H30N4O3S. The lowest BCUT2D eigenvalue weighted by atomic mass is 10.1. The van der Waals surface area contributed by atoms with E-state index in [2.05, 4.69) is 10.2 Å². The van der Waals surface area contributed by atoms with Gasteiger partial charge in [-0.25, -0.2) is 12.7 Å². The molecule has 0 spiro atoms. The molecule has 8 heteroatoms. The standard InChI is InChI=1S/C23H30N4O3S/c1-25(2)31(29,30)20-10-11-22(26-13-6-7-14-26)21(16-20)23(28)27-15-12-19(17-27)24-18-8-4-3-5-9-18/h3-5,8-11,16,19,24H,6-7,12-15,17H2,1-2H3. The highest BCUT2D eigenvalue weighted by atomic mass is 32.2. The maximum atomic E-state index is 13.5. The van der Waals surface area contributed by atoms with Crippen molar-refractivity contribution >= 4 is 27.3 Å². The molecule has 2 heterocycles. The SMILES string of the molecule is CN(C)S(=O)(=O)c1ccc(N2CCCC2)c(C(=O)N2CCC(Nc3ccccc3)C2)c1. The number of para-hydroxylation sites is 1. The summed E-state index contributed by atoms with van der Waals surface area (Å²) >= 11 is 0. The molecule has 1 N–H and O–H groups in total. The van der Waals surface area contributed by atoms with Crippen LogP contribution >= 0.6 is 0 Å². The molecule has 0 saturated carbocycles. The first kappa shape index (κ1) is 21.6. The van der Waals surface area contributed by atoms with Crippen LogP contribution in [0.5, 0.6) is 0 Å². The molecule has 1 unspecified atom stereocenters. The molecule has 2 aliphatic rings. The van der Waals surface area contributed by atoms with E-state index in [1.165, 1.54) is 18.4 Å². The van der Waals surface area contributed by atoms with E-state index in [0.717, 1.165) is 43.7 Å². The Labute approximate surface area is 184 Å². The number of hydrogen-bond donors (Lipinski definition) is 1. The molecule has 166 valence electrons. The van der Waals surface area contributed by atoms with Crippen LogP contribution < -0.4 is 10.2 Å². The first-order valence-corrected chi connectivity index (χ1v) is 12.2. The Morgan fingerprint density at radius 3 is 2.42 bits per heavy atom. The summed E-state index contributed by atoms with van der Waals surface area (Å²) in [7, 11) is -0.605. The van der Waals surface area contributed by atoms with Crippen molar-refractivity contribution in [1.29, 1.82) is 0 Å². The van der Waals surface area contributed by atoms with Gasteiger partial charge in [-0.1, -0.05) is 18.2 Å². The number of nitrogens with zero attached hydrogens (tertiary/aromatic N) is 3. The zero-order valence-corrected chi connectivity index (χ0v) is 18.9. The molecule has 0 aromatic heterocycles. The molecule has 31 heavy (non-hydrogen) atoms. The average molecular weight is 443 g/mol.